The first-order valence-corrected chi connectivity index (χ1v) is 7.43. The number of Topliss-reactive ketones (excluding diaryl/α,β-unsaturated/α-hetero) is 1. The molecule has 2 heteroatoms. The Balaban J connectivity index is 1.88. The fraction of sp³-hybridized carbons (Fsp3) is 0.316. The van der Waals surface area contributed by atoms with Crippen LogP contribution >= 0.6 is 0 Å². The summed E-state index contributed by atoms with van der Waals surface area (Å²) < 4.78 is 5.28. The molecule has 2 aliphatic rings. The van der Waals surface area contributed by atoms with E-state index in [4.69, 9.17) is 4.74 Å². The first-order chi connectivity index (χ1) is 10.1. The second-order valence-electron chi connectivity index (χ2n) is 6.40. The van der Waals surface area contributed by atoms with E-state index < -0.39 is 0 Å². The van der Waals surface area contributed by atoms with E-state index in [1.165, 1.54) is 16.7 Å². The number of ketones is 1. The van der Waals surface area contributed by atoms with E-state index in [9.17, 15) is 4.79 Å². The van der Waals surface area contributed by atoms with Gasteiger partial charge in [-0.2, -0.15) is 0 Å². The number of rotatable bonds is 1. The predicted molar refractivity (Wildman–Crippen MR) is 82.0 cm³/mol. The van der Waals surface area contributed by atoms with E-state index >= 15 is 0 Å². The van der Waals surface area contributed by atoms with Crippen molar-refractivity contribution < 1.29 is 9.53 Å². The van der Waals surface area contributed by atoms with Crippen molar-refractivity contribution in [1.82, 2.24) is 0 Å². The van der Waals surface area contributed by atoms with Crippen molar-refractivity contribution in [3.05, 3.63) is 64.7 Å². The van der Waals surface area contributed by atoms with Crippen LogP contribution in [0.25, 0.3) is 0 Å². The molecule has 2 aromatic carbocycles. The molecular weight excluding hydrogens is 260 g/mol. The summed E-state index contributed by atoms with van der Waals surface area (Å²) in [6.07, 6.45) is 1.79. The minimum Gasteiger partial charge on any atom is -0.497 e. The monoisotopic (exact) mass is 278 g/mol. The van der Waals surface area contributed by atoms with Crippen LogP contribution in [0.2, 0.25) is 0 Å². The second-order valence-corrected chi connectivity index (χ2v) is 6.40. The van der Waals surface area contributed by atoms with Crippen LogP contribution in [0, 0.1) is 5.92 Å². The van der Waals surface area contributed by atoms with Crippen molar-refractivity contribution in [2.24, 2.45) is 5.92 Å². The number of carbonyl (C=O) groups is 1. The number of hydrogen-bond acceptors (Lipinski definition) is 2. The van der Waals surface area contributed by atoms with Gasteiger partial charge in [0.1, 0.15) is 5.75 Å². The molecule has 106 valence electrons. The zero-order valence-corrected chi connectivity index (χ0v) is 12.3. The number of fused-ring (bicyclic) bond motifs is 4. The van der Waals surface area contributed by atoms with Crippen molar-refractivity contribution in [1.29, 1.82) is 0 Å². The molecule has 2 aromatic rings. The van der Waals surface area contributed by atoms with E-state index in [2.05, 4.69) is 37.3 Å². The van der Waals surface area contributed by atoms with Gasteiger partial charge in [-0.05, 0) is 41.7 Å². The number of methoxy groups -OCH3 is 1. The first kappa shape index (κ1) is 12.6. The highest BCUT2D eigenvalue weighted by Gasteiger charge is 2.50. The van der Waals surface area contributed by atoms with Gasteiger partial charge in [0.05, 0.1) is 7.11 Å². The maximum absolute atomic E-state index is 12.9. The van der Waals surface area contributed by atoms with E-state index in [0.29, 0.717) is 0 Å². The first-order valence-electron chi connectivity index (χ1n) is 7.43. The SMILES string of the molecule is COc1ccc2c(c1)C(=O)C1Cc3ccccc3CC21C. The van der Waals surface area contributed by atoms with Gasteiger partial charge in [-0.1, -0.05) is 37.3 Å². The van der Waals surface area contributed by atoms with Gasteiger partial charge < -0.3 is 4.74 Å². The number of hydrogen-bond donors (Lipinski definition) is 0. The molecule has 0 amide bonds. The summed E-state index contributed by atoms with van der Waals surface area (Å²) in [5.41, 5.74) is 4.68. The smallest absolute Gasteiger partial charge is 0.167 e. The molecule has 2 unspecified atom stereocenters. The summed E-state index contributed by atoms with van der Waals surface area (Å²) in [6.45, 7) is 2.24. The lowest BCUT2D eigenvalue weighted by Gasteiger charge is -2.37. The average molecular weight is 278 g/mol. The predicted octanol–water partition coefficient (Wildman–Crippen LogP) is 3.56. The highest BCUT2D eigenvalue weighted by atomic mass is 16.5. The minimum atomic E-state index is -0.0763. The Morgan fingerprint density at radius 3 is 2.67 bits per heavy atom. The van der Waals surface area contributed by atoms with Gasteiger partial charge in [0.15, 0.2) is 5.78 Å². The zero-order chi connectivity index (χ0) is 14.6. The van der Waals surface area contributed by atoms with E-state index in [-0.39, 0.29) is 17.1 Å². The molecule has 0 aromatic heterocycles. The fourth-order valence-corrected chi connectivity index (χ4v) is 4.10. The normalized spacial score (nSPS) is 26.0. The third-order valence-electron chi connectivity index (χ3n) is 5.29. The molecule has 0 saturated carbocycles. The lowest BCUT2D eigenvalue weighted by molar-refractivity contribution is 0.0881. The van der Waals surface area contributed by atoms with Crippen LogP contribution in [0.4, 0.5) is 0 Å². The van der Waals surface area contributed by atoms with E-state index in [0.717, 1.165) is 24.2 Å². The Morgan fingerprint density at radius 2 is 1.90 bits per heavy atom. The molecule has 0 spiro atoms. The molecule has 0 heterocycles. The van der Waals surface area contributed by atoms with Crippen LogP contribution in [0.3, 0.4) is 0 Å². The van der Waals surface area contributed by atoms with Crippen LogP contribution in [-0.4, -0.2) is 12.9 Å². The van der Waals surface area contributed by atoms with Crippen molar-refractivity contribution in [2.45, 2.75) is 25.2 Å². The minimum absolute atomic E-state index is 0.0644. The molecule has 0 aliphatic heterocycles. The number of ether oxygens (including phenoxy) is 1. The van der Waals surface area contributed by atoms with Crippen LogP contribution in [0.5, 0.6) is 5.75 Å². The summed E-state index contributed by atoms with van der Waals surface area (Å²) in [5.74, 6) is 1.11. The summed E-state index contributed by atoms with van der Waals surface area (Å²) >= 11 is 0. The highest BCUT2D eigenvalue weighted by Crippen LogP contribution is 2.50. The molecule has 0 N–H and O–H groups in total. The van der Waals surface area contributed by atoms with Gasteiger partial charge in [0, 0.05) is 16.9 Å². The Hall–Kier alpha value is -2.09. The fourth-order valence-electron chi connectivity index (χ4n) is 4.10. The van der Waals surface area contributed by atoms with E-state index in [1.54, 1.807) is 7.11 Å². The maximum atomic E-state index is 12.9. The largest absolute Gasteiger partial charge is 0.497 e. The molecule has 2 atom stereocenters. The molecule has 0 bridgehead atoms. The van der Waals surface area contributed by atoms with Crippen LogP contribution in [0.1, 0.15) is 34.0 Å². The highest BCUT2D eigenvalue weighted by molar-refractivity contribution is 6.04. The molecule has 0 saturated heterocycles. The Labute approximate surface area is 124 Å². The van der Waals surface area contributed by atoms with Gasteiger partial charge in [-0.3, -0.25) is 4.79 Å². The second kappa shape index (κ2) is 4.20. The lowest BCUT2D eigenvalue weighted by Crippen LogP contribution is -2.38. The van der Waals surface area contributed by atoms with Crippen molar-refractivity contribution in [2.75, 3.05) is 7.11 Å². The van der Waals surface area contributed by atoms with Gasteiger partial charge in [0.25, 0.3) is 0 Å². The topological polar surface area (TPSA) is 26.3 Å². The van der Waals surface area contributed by atoms with Crippen LogP contribution in [-0.2, 0) is 18.3 Å². The molecule has 0 fully saturated rings. The van der Waals surface area contributed by atoms with Gasteiger partial charge in [-0.15, -0.1) is 0 Å². The number of benzene rings is 2. The Morgan fingerprint density at radius 1 is 1.14 bits per heavy atom. The van der Waals surface area contributed by atoms with Crippen LogP contribution in [0.15, 0.2) is 42.5 Å². The third-order valence-corrected chi connectivity index (χ3v) is 5.29. The van der Waals surface area contributed by atoms with Crippen LogP contribution < -0.4 is 4.74 Å². The average Bonchev–Trinajstić information content (AvgIpc) is 2.73. The third kappa shape index (κ3) is 1.62. The summed E-state index contributed by atoms with van der Waals surface area (Å²) in [5, 5.41) is 0. The maximum Gasteiger partial charge on any atom is 0.167 e. The van der Waals surface area contributed by atoms with Crippen molar-refractivity contribution in [3.63, 3.8) is 0 Å². The summed E-state index contributed by atoms with van der Waals surface area (Å²) in [4.78, 5) is 12.9. The Bertz CT molecular complexity index is 747. The lowest BCUT2D eigenvalue weighted by atomic mass is 9.65. The van der Waals surface area contributed by atoms with Crippen molar-refractivity contribution >= 4 is 5.78 Å². The molecule has 0 radical (unpaired) electrons. The number of carbonyl (C=O) groups excluding carboxylic acids is 1. The van der Waals surface area contributed by atoms with Gasteiger partial charge in [0.2, 0.25) is 0 Å². The summed E-state index contributed by atoms with van der Waals surface area (Å²) in [7, 11) is 1.64. The van der Waals surface area contributed by atoms with Gasteiger partial charge >= 0.3 is 0 Å². The molecule has 21 heavy (non-hydrogen) atoms. The molecular formula is C19H18O2. The molecule has 2 nitrogen and oxygen atoms in total. The van der Waals surface area contributed by atoms with E-state index in [1.807, 2.05) is 12.1 Å². The summed E-state index contributed by atoms with van der Waals surface area (Å²) in [6, 6.07) is 14.5. The quantitative estimate of drug-likeness (QED) is 0.797. The zero-order valence-electron chi connectivity index (χ0n) is 12.3. The molecule has 2 aliphatic carbocycles. The standard InChI is InChI=1S/C19H18O2/c1-19-11-13-6-4-3-5-12(13)9-17(19)18(20)15-10-14(21-2)7-8-16(15)19/h3-8,10,17H,9,11H2,1-2H3. The molecule has 4 rings (SSSR count). The van der Waals surface area contributed by atoms with Gasteiger partial charge in [-0.25, -0.2) is 0 Å². The van der Waals surface area contributed by atoms with Crippen molar-refractivity contribution in [3.8, 4) is 5.75 Å². The Kier molecular flexibility index (Phi) is 2.53.